The normalized spacial score (nSPS) is 20.6. The van der Waals surface area contributed by atoms with Crippen LogP contribution >= 0.6 is 22.6 Å². The molecule has 2 rings (SSSR count). The molecule has 78 valence electrons. The molecular weight excluding hydrogens is 303 g/mol. The van der Waals surface area contributed by atoms with E-state index >= 15 is 0 Å². The molecule has 1 atom stereocenters. The second-order valence-corrected chi connectivity index (χ2v) is 5.10. The van der Waals surface area contributed by atoms with Crippen molar-refractivity contribution in [1.82, 2.24) is 0 Å². The molecule has 1 aliphatic rings. The third-order valence-corrected chi connectivity index (χ3v) is 3.46. The summed E-state index contributed by atoms with van der Waals surface area (Å²) < 4.78 is 1.12. The molecule has 1 aromatic rings. The van der Waals surface area contributed by atoms with Crippen LogP contribution < -0.4 is 0 Å². The minimum atomic E-state index is -0.0717. The van der Waals surface area contributed by atoms with E-state index in [1.165, 1.54) is 0 Å². The van der Waals surface area contributed by atoms with Gasteiger partial charge in [0.05, 0.1) is 0 Å². The second-order valence-electron chi connectivity index (χ2n) is 3.85. The van der Waals surface area contributed by atoms with E-state index in [-0.39, 0.29) is 17.5 Å². The zero-order valence-electron chi connectivity index (χ0n) is 8.20. The van der Waals surface area contributed by atoms with Crippen molar-refractivity contribution in [3.63, 3.8) is 0 Å². The average molecular weight is 314 g/mol. The Morgan fingerprint density at radius 2 is 1.93 bits per heavy atom. The number of rotatable bonds is 2. The number of ketones is 2. The molecule has 0 N–H and O–H groups in total. The summed E-state index contributed by atoms with van der Waals surface area (Å²) in [5, 5.41) is 0. The number of hydrogen-bond acceptors (Lipinski definition) is 2. The Labute approximate surface area is 102 Å². The van der Waals surface area contributed by atoms with Crippen molar-refractivity contribution in [2.24, 2.45) is 5.92 Å². The Morgan fingerprint density at radius 3 is 2.47 bits per heavy atom. The van der Waals surface area contributed by atoms with Crippen LogP contribution in [0.25, 0.3) is 0 Å². The van der Waals surface area contributed by atoms with Gasteiger partial charge in [0.25, 0.3) is 0 Å². The minimum Gasteiger partial charge on any atom is -0.300 e. The van der Waals surface area contributed by atoms with Gasteiger partial charge in [-0.1, -0.05) is 12.1 Å². The first-order valence-electron chi connectivity index (χ1n) is 4.98. The van der Waals surface area contributed by atoms with Crippen molar-refractivity contribution in [3.05, 3.63) is 33.4 Å². The lowest BCUT2D eigenvalue weighted by Gasteiger charge is -2.06. The molecule has 0 aromatic heterocycles. The lowest BCUT2D eigenvalue weighted by atomic mass is 9.96. The maximum atomic E-state index is 11.9. The summed E-state index contributed by atoms with van der Waals surface area (Å²) in [5.41, 5.74) is 0.732. The van der Waals surface area contributed by atoms with Crippen LogP contribution in [-0.2, 0) is 4.79 Å². The van der Waals surface area contributed by atoms with Crippen LogP contribution in [0.15, 0.2) is 24.3 Å². The summed E-state index contributed by atoms with van der Waals surface area (Å²) in [7, 11) is 0. The molecule has 1 aromatic carbocycles. The van der Waals surface area contributed by atoms with Gasteiger partial charge in [-0.3, -0.25) is 9.59 Å². The molecule has 0 amide bonds. The predicted octanol–water partition coefficient (Wildman–Crippen LogP) is 2.84. The molecule has 3 heteroatoms. The maximum absolute atomic E-state index is 11.9. The van der Waals surface area contributed by atoms with E-state index in [1.807, 2.05) is 24.3 Å². The molecule has 2 nitrogen and oxygen atoms in total. The fraction of sp³-hybridized carbons (Fsp3) is 0.333. The highest BCUT2D eigenvalue weighted by Crippen LogP contribution is 2.25. The molecule has 15 heavy (non-hydrogen) atoms. The van der Waals surface area contributed by atoms with Crippen LogP contribution in [0.5, 0.6) is 0 Å². The molecule has 0 aliphatic heterocycles. The quantitative estimate of drug-likeness (QED) is 0.621. The Balaban J connectivity index is 2.14. The van der Waals surface area contributed by atoms with E-state index in [1.54, 1.807) is 0 Å². The largest absolute Gasteiger partial charge is 0.300 e. The van der Waals surface area contributed by atoms with Crippen LogP contribution in [0.3, 0.4) is 0 Å². The van der Waals surface area contributed by atoms with Gasteiger partial charge >= 0.3 is 0 Å². The SMILES string of the molecule is O=C1CCC(C(=O)c2ccc(I)cc2)C1. The first-order valence-corrected chi connectivity index (χ1v) is 6.06. The molecule has 0 radical (unpaired) electrons. The summed E-state index contributed by atoms with van der Waals surface area (Å²) in [4.78, 5) is 23.0. The zero-order chi connectivity index (χ0) is 10.8. The molecule has 1 aliphatic carbocycles. The van der Waals surface area contributed by atoms with Gasteiger partial charge in [0.15, 0.2) is 5.78 Å². The van der Waals surface area contributed by atoms with Crippen molar-refractivity contribution >= 4 is 34.2 Å². The fourth-order valence-corrected chi connectivity index (χ4v) is 2.25. The van der Waals surface area contributed by atoms with Crippen LogP contribution in [-0.4, -0.2) is 11.6 Å². The van der Waals surface area contributed by atoms with Gasteiger partial charge in [0.1, 0.15) is 5.78 Å². The molecule has 0 spiro atoms. The van der Waals surface area contributed by atoms with Crippen molar-refractivity contribution < 1.29 is 9.59 Å². The molecule has 0 heterocycles. The minimum absolute atomic E-state index is 0.0717. The second kappa shape index (κ2) is 4.43. The van der Waals surface area contributed by atoms with E-state index in [9.17, 15) is 9.59 Å². The topological polar surface area (TPSA) is 34.1 Å². The highest BCUT2D eigenvalue weighted by molar-refractivity contribution is 14.1. The van der Waals surface area contributed by atoms with Crippen LogP contribution in [0, 0.1) is 9.49 Å². The van der Waals surface area contributed by atoms with Crippen LogP contribution in [0.1, 0.15) is 29.6 Å². The monoisotopic (exact) mass is 314 g/mol. The number of carbonyl (C=O) groups excluding carboxylic acids is 2. The van der Waals surface area contributed by atoms with Crippen molar-refractivity contribution in [2.75, 3.05) is 0 Å². The lowest BCUT2D eigenvalue weighted by molar-refractivity contribution is -0.117. The number of hydrogen-bond donors (Lipinski definition) is 0. The first kappa shape index (κ1) is 10.8. The van der Waals surface area contributed by atoms with E-state index < -0.39 is 0 Å². The third kappa shape index (κ3) is 2.45. The number of halogens is 1. The van der Waals surface area contributed by atoms with Gasteiger partial charge in [-0.2, -0.15) is 0 Å². The molecule has 0 bridgehead atoms. The Morgan fingerprint density at radius 1 is 1.27 bits per heavy atom. The lowest BCUT2D eigenvalue weighted by Crippen LogP contribution is -2.11. The molecule has 1 unspecified atom stereocenters. The summed E-state index contributed by atoms with van der Waals surface area (Å²) >= 11 is 2.21. The van der Waals surface area contributed by atoms with Gasteiger partial charge in [0.2, 0.25) is 0 Å². The molecule has 1 fully saturated rings. The maximum Gasteiger partial charge on any atom is 0.166 e. The van der Waals surface area contributed by atoms with E-state index in [0.717, 1.165) is 15.6 Å². The first-order chi connectivity index (χ1) is 7.16. The smallest absolute Gasteiger partial charge is 0.166 e. The van der Waals surface area contributed by atoms with Crippen molar-refractivity contribution in [3.8, 4) is 0 Å². The Kier molecular flexibility index (Phi) is 3.19. The number of benzene rings is 1. The highest BCUT2D eigenvalue weighted by atomic mass is 127. The molecular formula is C12H11IO2. The van der Waals surface area contributed by atoms with Gasteiger partial charge in [0, 0.05) is 27.9 Å². The summed E-state index contributed by atoms with van der Waals surface area (Å²) in [6.45, 7) is 0. The van der Waals surface area contributed by atoms with Crippen LogP contribution in [0.2, 0.25) is 0 Å². The molecule has 1 saturated carbocycles. The highest BCUT2D eigenvalue weighted by Gasteiger charge is 2.28. The zero-order valence-corrected chi connectivity index (χ0v) is 10.4. The average Bonchev–Trinajstić information content (AvgIpc) is 2.65. The van der Waals surface area contributed by atoms with E-state index in [4.69, 9.17) is 0 Å². The number of Topliss-reactive ketones (excluding diaryl/α,β-unsaturated/α-hetero) is 2. The predicted molar refractivity (Wildman–Crippen MR) is 65.8 cm³/mol. The van der Waals surface area contributed by atoms with Gasteiger partial charge in [-0.25, -0.2) is 0 Å². The summed E-state index contributed by atoms with van der Waals surface area (Å²) in [6.07, 6.45) is 1.73. The van der Waals surface area contributed by atoms with Gasteiger partial charge < -0.3 is 0 Å². The van der Waals surface area contributed by atoms with Gasteiger partial charge in [-0.15, -0.1) is 0 Å². The van der Waals surface area contributed by atoms with E-state index in [0.29, 0.717) is 12.8 Å². The Bertz CT molecular complexity index is 395. The van der Waals surface area contributed by atoms with Crippen molar-refractivity contribution in [2.45, 2.75) is 19.3 Å². The van der Waals surface area contributed by atoms with Crippen molar-refractivity contribution in [1.29, 1.82) is 0 Å². The Hall–Kier alpha value is -0.710. The van der Waals surface area contributed by atoms with Crippen LogP contribution in [0.4, 0.5) is 0 Å². The van der Waals surface area contributed by atoms with E-state index in [2.05, 4.69) is 22.6 Å². The van der Waals surface area contributed by atoms with Gasteiger partial charge in [-0.05, 0) is 41.1 Å². The fourth-order valence-electron chi connectivity index (χ4n) is 1.89. The summed E-state index contributed by atoms with van der Waals surface area (Å²) in [6, 6.07) is 7.52. The summed E-state index contributed by atoms with van der Waals surface area (Å²) in [5.74, 6) is 0.272. The molecule has 0 saturated heterocycles. The third-order valence-electron chi connectivity index (χ3n) is 2.75. The standard InChI is InChI=1S/C12H11IO2/c13-10-4-1-8(2-5-10)12(15)9-3-6-11(14)7-9/h1-2,4-5,9H,3,6-7H2. The number of carbonyl (C=O) groups is 2.